The lowest BCUT2D eigenvalue weighted by molar-refractivity contribution is -0.341. The van der Waals surface area contributed by atoms with Gasteiger partial charge in [-0.15, -0.1) is 0 Å². The molecule has 0 aromatic carbocycles. The van der Waals surface area contributed by atoms with Gasteiger partial charge < -0.3 is 28.4 Å². The summed E-state index contributed by atoms with van der Waals surface area (Å²) in [4.78, 5) is 35.0. The Bertz CT molecular complexity index is 534. The molecule has 1 unspecified atom stereocenters. The molecule has 0 aromatic rings. The monoisotopic (exact) mass is 362 g/mol. The molecule has 2 heterocycles. The SMILES string of the molecule is CCOC1(C)O[C@H]2O[C@H](C(=O)OC)[C@@H](OC(C)=O)[C@H](OC(C)=O)[C@H]2O1. The van der Waals surface area contributed by atoms with Gasteiger partial charge in [-0.25, -0.2) is 4.79 Å². The van der Waals surface area contributed by atoms with Crippen molar-refractivity contribution in [2.75, 3.05) is 13.7 Å². The number of hydrogen-bond donors (Lipinski definition) is 0. The standard InChI is InChI=1S/C15H22O10/c1-6-20-15(4)24-12-10(22-8(3)17)9(21-7(2)16)11(13(18)19-5)23-14(12)25-15/h9-12,14H,6H2,1-5H3/t9-,10-,11-,12+,14+,15?/m0/s1. The van der Waals surface area contributed by atoms with E-state index in [4.69, 9.17) is 28.4 Å². The minimum absolute atomic E-state index is 0.280. The zero-order valence-corrected chi connectivity index (χ0v) is 14.7. The highest BCUT2D eigenvalue weighted by Gasteiger charge is 2.61. The maximum atomic E-state index is 12.1. The molecule has 2 saturated heterocycles. The van der Waals surface area contributed by atoms with E-state index in [1.54, 1.807) is 6.92 Å². The highest BCUT2D eigenvalue weighted by Crippen LogP contribution is 2.39. The Hall–Kier alpha value is -1.75. The minimum atomic E-state index is -1.46. The van der Waals surface area contributed by atoms with Gasteiger partial charge in [-0.2, -0.15) is 0 Å². The molecule has 2 rings (SSSR count). The Morgan fingerprint density at radius 2 is 1.64 bits per heavy atom. The molecule has 0 amide bonds. The van der Waals surface area contributed by atoms with Crippen molar-refractivity contribution >= 4 is 17.9 Å². The van der Waals surface area contributed by atoms with Crippen LogP contribution in [0.25, 0.3) is 0 Å². The van der Waals surface area contributed by atoms with Gasteiger partial charge in [-0.1, -0.05) is 0 Å². The lowest BCUT2D eigenvalue weighted by atomic mass is 9.98. The van der Waals surface area contributed by atoms with Gasteiger partial charge in [0.15, 0.2) is 30.7 Å². The fourth-order valence-electron chi connectivity index (χ4n) is 2.80. The Kier molecular flexibility index (Phi) is 5.99. The molecule has 142 valence electrons. The molecule has 0 N–H and O–H groups in total. The number of ether oxygens (including phenoxy) is 7. The Labute approximate surface area is 144 Å². The van der Waals surface area contributed by atoms with Crippen LogP contribution in [0.15, 0.2) is 0 Å². The fraction of sp³-hybridized carbons (Fsp3) is 0.800. The predicted octanol–water partition coefficient (Wildman–Crippen LogP) is -0.127. The Morgan fingerprint density at radius 3 is 2.16 bits per heavy atom. The first-order valence-electron chi connectivity index (χ1n) is 7.78. The quantitative estimate of drug-likeness (QED) is 0.484. The molecule has 0 saturated carbocycles. The molecule has 2 aliphatic heterocycles. The first-order chi connectivity index (χ1) is 11.7. The summed E-state index contributed by atoms with van der Waals surface area (Å²) in [6, 6.07) is 0. The second-order valence-corrected chi connectivity index (χ2v) is 5.59. The van der Waals surface area contributed by atoms with Crippen LogP contribution in [0.4, 0.5) is 0 Å². The summed E-state index contributed by atoms with van der Waals surface area (Å²) in [7, 11) is 1.15. The smallest absolute Gasteiger partial charge is 0.339 e. The number of carbonyl (C=O) groups is 3. The molecule has 10 heteroatoms. The van der Waals surface area contributed by atoms with E-state index in [-0.39, 0.29) is 6.61 Å². The van der Waals surface area contributed by atoms with Crippen molar-refractivity contribution in [3.8, 4) is 0 Å². The zero-order chi connectivity index (χ0) is 18.8. The largest absolute Gasteiger partial charge is 0.467 e. The summed E-state index contributed by atoms with van der Waals surface area (Å²) in [5, 5.41) is 0. The maximum Gasteiger partial charge on any atom is 0.339 e. The second-order valence-electron chi connectivity index (χ2n) is 5.59. The summed E-state index contributed by atoms with van der Waals surface area (Å²) >= 11 is 0. The van der Waals surface area contributed by atoms with Crippen LogP contribution in [0, 0.1) is 0 Å². The Morgan fingerprint density at radius 1 is 1.04 bits per heavy atom. The molecule has 6 atom stereocenters. The maximum absolute atomic E-state index is 12.1. The van der Waals surface area contributed by atoms with Crippen LogP contribution in [0.2, 0.25) is 0 Å². The number of fused-ring (bicyclic) bond motifs is 1. The van der Waals surface area contributed by atoms with E-state index in [2.05, 4.69) is 4.74 Å². The molecule has 2 fully saturated rings. The molecule has 0 spiro atoms. The van der Waals surface area contributed by atoms with Gasteiger partial charge in [-0.3, -0.25) is 14.3 Å². The number of rotatable bonds is 5. The molecule has 10 nitrogen and oxygen atoms in total. The van der Waals surface area contributed by atoms with E-state index < -0.39 is 54.6 Å². The minimum Gasteiger partial charge on any atom is -0.467 e. The van der Waals surface area contributed by atoms with Gasteiger partial charge in [0.1, 0.15) is 0 Å². The predicted molar refractivity (Wildman–Crippen MR) is 77.8 cm³/mol. The summed E-state index contributed by atoms with van der Waals surface area (Å²) in [6.07, 6.45) is -5.82. The third kappa shape index (κ3) is 4.27. The topological polar surface area (TPSA) is 116 Å². The second kappa shape index (κ2) is 7.65. The van der Waals surface area contributed by atoms with Crippen LogP contribution in [0.5, 0.6) is 0 Å². The number of methoxy groups -OCH3 is 1. The third-order valence-corrected chi connectivity index (χ3v) is 3.62. The van der Waals surface area contributed by atoms with E-state index in [0.717, 1.165) is 14.0 Å². The van der Waals surface area contributed by atoms with Crippen molar-refractivity contribution in [2.45, 2.75) is 64.4 Å². The normalized spacial score (nSPS) is 37.1. The van der Waals surface area contributed by atoms with E-state index >= 15 is 0 Å². The van der Waals surface area contributed by atoms with Gasteiger partial charge in [0.25, 0.3) is 5.97 Å². The highest BCUT2D eigenvalue weighted by molar-refractivity contribution is 5.77. The van der Waals surface area contributed by atoms with Crippen molar-refractivity contribution in [3.63, 3.8) is 0 Å². The van der Waals surface area contributed by atoms with Crippen molar-refractivity contribution in [2.24, 2.45) is 0 Å². The molecule has 0 bridgehead atoms. The lowest BCUT2D eigenvalue weighted by Crippen LogP contribution is -2.61. The molecule has 0 aliphatic carbocycles. The van der Waals surface area contributed by atoms with Gasteiger partial charge in [-0.05, 0) is 6.92 Å². The lowest BCUT2D eigenvalue weighted by Gasteiger charge is -2.39. The zero-order valence-electron chi connectivity index (χ0n) is 14.7. The van der Waals surface area contributed by atoms with Crippen molar-refractivity contribution in [1.82, 2.24) is 0 Å². The Balaban J connectivity index is 2.36. The van der Waals surface area contributed by atoms with Gasteiger partial charge >= 0.3 is 17.9 Å². The molecule has 25 heavy (non-hydrogen) atoms. The van der Waals surface area contributed by atoms with Crippen LogP contribution in [0.1, 0.15) is 27.7 Å². The third-order valence-electron chi connectivity index (χ3n) is 3.62. The van der Waals surface area contributed by atoms with Crippen molar-refractivity contribution in [1.29, 1.82) is 0 Å². The van der Waals surface area contributed by atoms with Crippen LogP contribution in [-0.4, -0.2) is 68.3 Å². The molecule has 0 radical (unpaired) electrons. The van der Waals surface area contributed by atoms with Crippen LogP contribution in [-0.2, 0) is 47.5 Å². The summed E-state index contributed by atoms with van der Waals surface area (Å²) in [5.41, 5.74) is 0. The first-order valence-corrected chi connectivity index (χ1v) is 7.78. The van der Waals surface area contributed by atoms with Crippen molar-refractivity contribution < 1.29 is 47.5 Å². The average Bonchev–Trinajstić information content (AvgIpc) is 2.84. The summed E-state index contributed by atoms with van der Waals surface area (Å²) in [5.74, 6) is -3.62. The molecule has 0 aromatic heterocycles. The first kappa shape index (κ1) is 19.6. The summed E-state index contributed by atoms with van der Waals surface area (Å²) < 4.78 is 37.3. The molecule has 2 aliphatic rings. The van der Waals surface area contributed by atoms with E-state index in [0.29, 0.717) is 0 Å². The average molecular weight is 362 g/mol. The number of carbonyl (C=O) groups excluding carboxylic acids is 3. The van der Waals surface area contributed by atoms with E-state index in [9.17, 15) is 14.4 Å². The van der Waals surface area contributed by atoms with Gasteiger partial charge in [0, 0.05) is 27.4 Å². The van der Waals surface area contributed by atoms with Crippen molar-refractivity contribution in [3.05, 3.63) is 0 Å². The highest BCUT2D eigenvalue weighted by atomic mass is 16.9. The summed E-state index contributed by atoms with van der Waals surface area (Å²) in [6.45, 7) is 5.86. The van der Waals surface area contributed by atoms with Crippen LogP contribution in [0.3, 0.4) is 0 Å². The van der Waals surface area contributed by atoms with Gasteiger partial charge in [0.05, 0.1) is 7.11 Å². The van der Waals surface area contributed by atoms with E-state index in [1.165, 1.54) is 13.8 Å². The number of hydrogen-bond acceptors (Lipinski definition) is 10. The number of esters is 3. The van der Waals surface area contributed by atoms with Gasteiger partial charge in [0.2, 0.25) is 0 Å². The molecular formula is C15H22O10. The van der Waals surface area contributed by atoms with E-state index in [1.807, 2.05) is 0 Å². The van der Waals surface area contributed by atoms with Crippen LogP contribution >= 0.6 is 0 Å². The van der Waals surface area contributed by atoms with Crippen LogP contribution < -0.4 is 0 Å². The fourth-order valence-corrected chi connectivity index (χ4v) is 2.80. The molecular weight excluding hydrogens is 340 g/mol.